The minimum atomic E-state index is -5.08. The number of carbonyl (C=O) groups is 5. The number of carboxylic acid groups (broad SMARTS) is 1. The highest BCUT2D eigenvalue weighted by molar-refractivity contribution is 6.24. The van der Waals surface area contributed by atoms with Gasteiger partial charge in [-0.2, -0.15) is 13.2 Å². The first kappa shape index (κ1) is 24.2. The first-order valence-electron chi connectivity index (χ1n) is 9.99. The lowest BCUT2D eigenvalue weighted by Crippen LogP contribution is -2.54. The highest BCUT2D eigenvalue weighted by Crippen LogP contribution is 2.33. The van der Waals surface area contributed by atoms with Crippen molar-refractivity contribution in [3.05, 3.63) is 29.3 Å². The van der Waals surface area contributed by atoms with Gasteiger partial charge in [0, 0.05) is 6.42 Å². The zero-order valence-electron chi connectivity index (χ0n) is 17.1. The Balaban J connectivity index is 0.000000383. The summed E-state index contributed by atoms with van der Waals surface area (Å²) < 4.78 is 37.5. The van der Waals surface area contributed by atoms with Gasteiger partial charge in [0.25, 0.3) is 11.8 Å². The number of aliphatic carboxylic acids is 1. The van der Waals surface area contributed by atoms with Crippen molar-refractivity contribution in [2.24, 2.45) is 5.92 Å². The Kier molecular flexibility index (Phi) is 7.01. The Labute approximate surface area is 185 Å². The third kappa shape index (κ3) is 5.30. The van der Waals surface area contributed by atoms with Gasteiger partial charge in [-0.05, 0) is 44.0 Å². The van der Waals surface area contributed by atoms with Crippen molar-refractivity contribution in [2.75, 3.05) is 19.7 Å². The number of ether oxygens (including phenoxy) is 1. The van der Waals surface area contributed by atoms with E-state index in [1.54, 1.807) is 18.2 Å². The van der Waals surface area contributed by atoms with Crippen LogP contribution in [0.5, 0.6) is 5.75 Å². The van der Waals surface area contributed by atoms with Crippen molar-refractivity contribution >= 4 is 29.6 Å². The minimum Gasteiger partial charge on any atom is -0.493 e. The van der Waals surface area contributed by atoms with E-state index in [-0.39, 0.29) is 24.0 Å². The normalized spacial score (nSPS) is 20.5. The standard InChI is InChI=1S/C18H19N3O5.C2HF3O2/c22-14-5-4-12(16(23)20-14)21-17(24)11-2-1-3-13(15(11)18(21)25)26-7-6-10-8-19-9-10;3-2(4,5)1(6)7/h1-3,10,12,19H,4-9H2,(H,20,22,23);(H,6,7). The van der Waals surface area contributed by atoms with Crippen molar-refractivity contribution in [1.29, 1.82) is 0 Å². The van der Waals surface area contributed by atoms with E-state index in [1.807, 2.05) is 0 Å². The van der Waals surface area contributed by atoms with Crippen molar-refractivity contribution in [3.8, 4) is 5.75 Å². The molecule has 33 heavy (non-hydrogen) atoms. The molecule has 0 spiro atoms. The van der Waals surface area contributed by atoms with Gasteiger partial charge in [0.1, 0.15) is 11.8 Å². The lowest BCUT2D eigenvalue weighted by atomic mass is 10.0. The number of carbonyl (C=O) groups excluding carboxylic acids is 4. The molecule has 1 unspecified atom stereocenters. The maximum atomic E-state index is 12.9. The first-order chi connectivity index (χ1) is 15.5. The third-order valence-electron chi connectivity index (χ3n) is 5.32. The predicted octanol–water partition coefficient (Wildman–Crippen LogP) is 0.709. The van der Waals surface area contributed by atoms with Gasteiger partial charge < -0.3 is 15.2 Å². The number of fused-ring (bicyclic) bond motifs is 1. The summed E-state index contributed by atoms with van der Waals surface area (Å²) in [7, 11) is 0. The number of nitrogens with one attached hydrogen (secondary N) is 2. The van der Waals surface area contributed by atoms with E-state index in [0.717, 1.165) is 24.4 Å². The molecule has 4 amide bonds. The van der Waals surface area contributed by atoms with Gasteiger partial charge in [0.05, 0.1) is 17.7 Å². The van der Waals surface area contributed by atoms with Gasteiger partial charge in [-0.25, -0.2) is 4.79 Å². The van der Waals surface area contributed by atoms with Crippen LogP contribution >= 0.6 is 0 Å². The van der Waals surface area contributed by atoms with Crippen LogP contribution in [-0.4, -0.2) is 71.5 Å². The maximum Gasteiger partial charge on any atom is 0.490 e. The van der Waals surface area contributed by atoms with E-state index in [2.05, 4.69) is 10.6 Å². The first-order valence-corrected chi connectivity index (χ1v) is 9.99. The van der Waals surface area contributed by atoms with E-state index < -0.39 is 41.8 Å². The van der Waals surface area contributed by atoms with Crippen molar-refractivity contribution in [3.63, 3.8) is 0 Å². The number of benzene rings is 1. The molecular formula is C20H20F3N3O7. The topological polar surface area (TPSA) is 142 Å². The summed E-state index contributed by atoms with van der Waals surface area (Å²) >= 11 is 0. The zero-order chi connectivity index (χ0) is 24.3. The average Bonchev–Trinajstić information content (AvgIpc) is 2.95. The summed E-state index contributed by atoms with van der Waals surface area (Å²) in [6.07, 6.45) is -3.97. The monoisotopic (exact) mass is 471 g/mol. The number of nitrogens with zero attached hydrogens (tertiary/aromatic N) is 1. The summed E-state index contributed by atoms with van der Waals surface area (Å²) in [6, 6.07) is 3.92. The smallest absolute Gasteiger partial charge is 0.490 e. The lowest BCUT2D eigenvalue weighted by molar-refractivity contribution is -0.192. The second-order valence-corrected chi connectivity index (χ2v) is 7.59. The SMILES string of the molecule is O=C(O)C(F)(F)F.O=C1CCC(N2C(=O)c3cccc(OCCC4CNC4)c3C2=O)C(=O)N1. The average molecular weight is 471 g/mol. The van der Waals surface area contributed by atoms with Gasteiger partial charge in [-0.1, -0.05) is 6.07 Å². The Morgan fingerprint density at radius 3 is 2.36 bits per heavy atom. The summed E-state index contributed by atoms with van der Waals surface area (Å²) in [5.74, 6) is -3.89. The molecule has 0 saturated carbocycles. The molecule has 3 N–H and O–H groups in total. The number of imide groups is 2. The Bertz CT molecular complexity index is 992. The molecule has 0 radical (unpaired) electrons. The molecule has 2 fully saturated rings. The number of halogens is 3. The predicted molar refractivity (Wildman–Crippen MR) is 103 cm³/mol. The molecule has 1 aromatic carbocycles. The second kappa shape index (κ2) is 9.57. The molecule has 13 heteroatoms. The molecule has 1 atom stereocenters. The van der Waals surface area contributed by atoms with Crippen molar-refractivity contribution in [1.82, 2.24) is 15.5 Å². The minimum absolute atomic E-state index is 0.0998. The largest absolute Gasteiger partial charge is 0.493 e. The number of amides is 4. The fourth-order valence-corrected chi connectivity index (χ4v) is 3.49. The molecule has 2 saturated heterocycles. The Morgan fingerprint density at radius 1 is 1.15 bits per heavy atom. The Hall–Kier alpha value is -3.48. The fraction of sp³-hybridized carbons (Fsp3) is 0.450. The highest BCUT2D eigenvalue weighted by atomic mass is 19.4. The highest BCUT2D eigenvalue weighted by Gasteiger charge is 2.46. The zero-order valence-corrected chi connectivity index (χ0v) is 17.1. The van der Waals surface area contributed by atoms with Crippen LogP contribution in [0.3, 0.4) is 0 Å². The number of rotatable bonds is 5. The summed E-state index contributed by atoms with van der Waals surface area (Å²) in [5.41, 5.74) is 0.441. The van der Waals surface area contributed by atoms with E-state index in [0.29, 0.717) is 18.3 Å². The van der Waals surface area contributed by atoms with Gasteiger partial charge in [-0.15, -0.1) is 0 Å². The maximum absolute atomic E-state index is 12.9. The van der Waals surface area contributed by atoms with Crippen molar-refractivity contribution < 1.29 is 47.0 Å². The Morgan fingerprint density at radius 2 is 1.82 bits per heavy atom. The van der Waals surface area contributed by atoms with E-state index in [1.165, 1.54) is 0 Å². The molecule has 0 aliphatic carbocycles. The van der Waals surface area contributed by atoms with Crippen LogP contribution in [0, 0.1) is 5.92 Å². The van der Waals surface area contributed by atoms with Crippen LogP contribution in [-0.2, 0) is 14.4 Å². The number of piperidine rings is 1. The number of hydrogen-bond donors (Lipinski definition) is 3. The summed E-state index contributed by atoms with van der Waals surface area (Å²) in [4.78, 5) is 58.8. The van der Waals surface area contributed by atoms with Gasteiger partial charge >= 0.3 is 12.1 Å². The molecule has 10 nitrogen and oxygen atoms in total. The number of alkyl halides is 3. The van der Waals surface area contributed by atoms with Crippen LogP contribution in [0.25, 0.3) is 0 Å². The molecule has 3 aliphatic heterocycles. The van der Waals surface area contributed by atoms with Crippen LogP contribution in [0.1, 0.15) is 40.0 Å². The quantitative estimate of drug-likeness (QED) is 0.533. The summed E-state index contributed by atoms with van der Waals surface area (Å²) in [6.45, 7) is 2.40. The third-order valence-corrected chi connectivity index (χ3v) is 5.32. The number of hydrogen-bond acceptors (Lipinski definition) is 7. The molecule has 1 aromatic rings. The molecule has 3 aliphatic rings. The molecule has 3 heterocycles. The van der Waals surface area contributed by atoms with E-state index >= 15 is 0 Å². The van der Waals surface area contributed by atoms with Gasteiger partial charge in [0.2, 0.25) is 11.8 Å². The number of carboxylic acids is 1. The molecular weight excluding hydrogens is 451 g/mol. The van der Waals surface area contributed by atoms with E-state index in [4.69, 9.17) is 14.6 Å². The van der Waals surface area contributed by atoms with Crippen molar-refractivity contribution in [2.45, 2.75) is 31.5 Å². The molecule has 4 rings (SSSR count). The van der Waals surface area contributed by atoms with Gasteiger partial charge in [-0.3, -0.25) is 29.4 Å². The van der Waals surface area contributed by atoms with Crippen LogP contribution in [0.15, 0.2) is 18.2 Å². The molecule has 0 bridgehead atoms. The van der Waals surface area contributed by atoms with Gasteiger partial charge in [0.15, 0.2) is 0 Å². The molecule has 0 aromatic heterocycles. The van der Waals surface area contributed by atoms with Crippen LogP contribution in [0.4, 0.5) is 13.2 Å². The molecule has 178 valence electrons. The van der Waals surface area contributed by atoms with Crippen LogP contribution in [0.2, 0.25) is 0 Å². The summed E-state index contributed by atoms with van der Waals surface area (Å²) in [5, 5.41) is 12.5. The lowest BCUT2D eigenvalue weighted by Gasteiger charge is -2.28. The second-order valence-electron chi connectivity index (χ2n) is 7.59. The van der Waals surface area contributed by atoms with E-state index in [9.17, 15) is 32.3 Å². The van der Waals surface area contributed by atoms with Crippen LogP contribution < -0.4 is 15.4 Å². The fourth-order valence-electron chi connectivity index (χ4n) is 3.49.